The fraction of sp³-hybridized carbons (Fsp3) is 0.422. The van der Waals surface area contributed by atoms with Crippen LogP contribution in [0.2, 0.25) is 5.02 Å². The van der Waals surface area contributed by atoms with Gasteiger partial charge in [0.25, 0.3) is 5.92 Å². The number of alkyl halides is 8. The molecule has 78 heavy (non-hydrogen) atoms. The summed E-state index contributed by atoms with van der Waals surface area (Å²) in [4.78, 5) is 61.5. The van der Waals surface area contributed by atoms with Crippen molar-refractivity contribution in [3.63, 3.8) is 0 Å². The van der Waals surface area contributed by atoms with E-state index in [0.29, 0.717) is 10.7 Å². The Balaban J connectivity index is 1.37. The van der Waals surface area contributed by atoms with Gasteiger partial charge < -0.3 is 24.4 Å². The fourth-order valence-corrected chi connectivity index (χ4v) is 9.74. The second kappa shape index (κ2) is 21.9. The molecule has 4 atom stereocenters. The molecule has 0 saturated heterocycles. The number of esters is 1. The maximum Gasteiger partial charge on any atom is 0.472 e. The molecule has 0 spiro atoms. The number of nitrogens with zero attached hydrogens (tertiary/aromatic N) is 6. The summed E-state index contributed by atoms with van der Waals surface area (Å²) in [5.74, 6) is -7.60. The number of amides is 2. The van der Waals surface area contributed by atoms with E-state index in [-0.39, 0.29) is 37.8 Å². The van der Waals surface area contributed by atoms with Crippen molar-refractivity contribution in [3.05, 3.63) is 98.7 Å². The highest BCUT2D eigenvalue weighted by Gasteiger charge is 2.68. The molecule has 2 unspecified atom stereocenters. The summed E-state index contributed by atoms with van der Waals surface area (Å²) in [5.41, 5.74) is -6.47. The van der Waals surface area contributed by atoms with Gasteiger partial charge in [-0.2, -0.15) is 45.3 Å². The Morgan fingerprint density at radius 2 is 1.68 bits per heavy atom. The SMILES string of the molecule is CC(C)(C#Cc1ccc(-c2ccc(Cl)c3c(CN(C(=O)CCCC(=O)OCOP(=O)(O)O)S(=O)[O-])nn(CC(F)(F)F)c23)c(C(Cc2cc(F)cc(F)c2)NC(=O)Cn2nc(C(F)(F)F)c3c2C(F)(F)[C@@H]2C[C@H]32)n1)S(C)(=O)=O. The van der Waals surface area contributed by atoms with E-state index in [2.05, 4.69) is 41.6 Å². The van der Waals surface area contributed by atoms with Gasteiger partial charge in [-0.25, -0.2) is 31.3 Å². The van der Waals surface area contributed by atoms with Gasteiger partial charge in [0.05, 0.1) is 45.8 Å². The van der Waals surface area contributed by atoms with Crippen molar-refractivity contribution < 1.29 is 99.1 Å². The Hall–Kier alpha value is -6.00. The van der Waals surface area contributed by atoms with Crippen LogP contribution in [0.3, 0.4) is 0 Å². The molecular weight excluding hydrogens is 1150 g/mol. The smallest absolute Gasteiger partial charge is 0.472 e. The summed E-state index contributed by atoms with van der Waals surface area (Å²) in [7, 11) is -8.96. The summed E-state index contributed by atoms with van der Waals surface area (Å²) in [6.45, 7) is -3.13. The average molecular weight is 1190 g/mol. The van der Waals surface area contributed by atoms with Gasteiger partial charge in [-0.1, -0.05) is 23.6 Å². The normalized spacial score (nSPS) is 16.9. The van der Waals surface area contributed by atoms with Gasteiger partial charge in [0, 0.05) is 53.2 Å². The molecule has 1 saturated carbocycles. The van der Waals surface area contributed by atoms with E-state index in [1.807, 2.05) is 0 Å². The van der Waals surface area contributed by atoms with Gasteiger partial charge in [0.2, 0.25) is 18.6 Å². The molecule has 3 heterocycles. The molecule has 422 valence electrons. The van der Waals surface area contributed by atoms with Crippen LogP contribution in [0.5, 0.6) is 0 Å². The Morgan fingerprint density at radius 3 is 2.28 bits per heavy atom. The molecule has 1 fully saturated rings. The summed E-state index contributed by atoms with van der Waals surface area (Å²) < 4.78 is 216. The fourth-order valence-electron chi connectivity index (χ4n) is 8.56. The number of nitrogens with one attached hydrogen (secondary N) is 1. The maximum atomic E-state index is 15.6. The van der Waals surface area contributed by atoms with Crippen LogP contribution in [0.15, 0.2) is 42.5 Å². The number of phosphoric ester groups is 1. The van der Waals surface area contributed by atoms with E-state index in [1.165, 1.54) is 13.8 Å². The molecule has 2 aromatic carbocycles. The van der Waals surface area contributed by atoms with Gasteiger partial charge >= 0.3 is 26.1 Å². The number of pyridine rings is 1. The third kappa shape index (κ3) is 13.5. The topological polar surface area (TPSA) is 265 Å². The molecule has 0 bridgehead atoms. The molecule has 7 rings (SSSR count). The minimum Gasteiger partial charge on any atom is -0.755 e. The lowest BCUT2D eigenvalue weighted by Crippen LogP contribution is -2.35. The number of halogens is 11. The first-order valence-corrected chi connectivity index (χ1v) is 27.3. The number of benzene rings is 2. The number of fused-ring (bicyclic) bond motifs is 4. The Morgan fingerprint density at radius 1 is 1.03 bits per heavy atom. The highest BCUT2D eigenvalue weighted by molar-refractivity contribution is 7.92. The van der Waals surface area contributed by atoms with E-state index in [1.54, 1.807) is 0 Å². The predicted molar refractivity (Wildman–Crippen MR) is 250 cm³/mol. The maximum absolute atomic E-state index is 15.6. The zero-order valence-electron chi connectivity index (χ0n) is 40.2. The zero-order valence-corrected chi connectivity index (χ0v) is 43.5. The van der Waals surface area contributed by atoms with Crippen LogP contribution in [-0.4, -0.2) is 97.6 Å². The number of carbonyl (C=O) groups excluding carboxylic acids is 3. The van der Waals surface area contributed by atoms with E-state index in [4.69, 9.17) is 21.4 Å². The Bertz CT molecular complexity index is 3470. The highest BCUT2D eigenvalue weighted by atomic mass is 35.5. The molecule has 3 aromatic heterocycles. The van der Waals surface area contributed by atoms with Crippen LogP contribution < -0.4 is 5.32 Å². The minimum atomic E-state index is -5.24. The van der Waals surface area contributed by atoms with Crippen LogP contribution in [0.25, 0.3) is 22.0 Å². The van der Waals surface area contributed by atoms with Crippen molar-refractivity contribution in [2.75, 3.05) is 13.0 Å². The minimum absolute atomic E-state index is 0.124. The molecule has 2 aliphatic rings. The lowest BCUT2D eigenvalue weighted by molar-refractivity contribution is -0.151. The third-order valence-corrected chi connectivity index (χ3v) is 15.8. The molecular formula is C45H40ClF10N7O12PS2-. The first kappa shape index (κ1) is 59.7. The molecule has 2 amide bonds. The largest absolute Gasteiger partial charge is 0.755 e. The summed E-state index contributed by atoms with van der Waals surface area (Å²) in [6, 6.07) is 4.72. The molecule has 19 nitrogen and oxygen atoms in total. The van der Waals surface area contributed by atoms with Crippen molar-refractivity contribution in [2.45, 2.75) is 101 Å². The van der Waals surface area contributed by atoms with Crippen LogP contribution in [0, 0.1) is 29.4 Å². The van der Waals surface area contributed by atoms with Crippen molar-refractivity contribution in [1.82, 2.24) is 34.2 Å². The van der Waals surface area contributed by atoms with Crippen molar-refractivity contribution in [2.24, 2.45) is 5.92 Å². The van der Waals surface area contributed by atoms with Crippen molar-refractivity contribution in [1.29, 1.82) is 0 Å². The lowest BCUT2D eigenvalue weighted by atomic mass is 9.93. The number of hydrogen-bond donors (Lipinski definition) is 3. The van der Waals surface area contributed by atoms with E-state index in [9.17, 15) is 71.3 Å². The third-order valence-electron chi connectivity index (χ3n) is 12.4. The molecule has 0 radical (unpaired) electrons. The van der Waals surface area contributed by atoms with Gasteiger partial charge in [0.15, 0.2) is 15.5 Å². The van der Waals surface area contributed by atoms with Crippen LogP contribution >= 0.6 is 19.4 Å². The second-order valence-electron chi connectivity index (χ2n) is 18.4. The number of phosphoric acid groups is 1. The number of aromatic nitrogens is 5. The first-order chi connectivity index (χ1) is 36.0. The number of sulfone groups is 1. The van der Waals surface area contributed by atoms with Crippen LogP contribution in [0.1, 0.15) is 91.1 Å². The Labute approximate surface area is 442 Å². The van der Waals surface area contributed by atoms with E-state index >= 15 is 8.78 Å². The number of carbonyl (C=O) groups is 3. The van der Waals surface area contributed by atoms with E-state index in [0.717, 1.165) is 42.7 Å². The average Bonchev–Trinajstić information content (AvgIpc) is 3.54. The molecule has 2 aliphatic carbocycles. The highest BCUT2D eigenvalue weighted by Crippen LogP contribution is 2.68. The standard InChI is InChI=1S/C45H41ClF10N7O12PS2/c1-42(2,78(3,72)73)12-11-25-7-8-26(27-9-10-30(46)37-32(59-62(39(27)37)20-43(49,50)51)18-63(77(70)71)34(65)5-4-6-35(66)74-21-75-76(67,68)69)38(57-25)31(15-22-13-23(47)16-24(48)14-22)58-33(64)19-61-41-36(40(60-61)45(54,55)56)28-17-29(28)44(41,52)53/h7-10,13-14,16,28-29,31H,4-6,15,17-21H2,1-3H3,(H,58,64)(H,70,71)(H2,67,68,69)/p-1/t28-,29+,31?/m0/s1. The lowest BCUT2D eigenvalue weighted by Gasteiger charge is -2.24. The number of hydrogen-bond acceptors (Lipinski definition) is 13. The molecule has 0 aliphatic heterocycles. The van der Waals surface area contributed by atoms with Gasteiger partial charge in [-0.15, -0.1) is 0 Å². The van der Waals surface area contributed by atoms with Crippen LogP contribution in [0.4, 0.5) is 43.9 Å². The van der Waals surface area contributed by atoms with E-state index < -0.39 is 196 Å². The van der Waals surface area contributed by atoms with Gasteiger partial charge in [-0.05, 0) is 80.8 Å². The predicted octanol–water partition coefficient (Wildman–Crippen LogP) is 7.19. The van der Waals surface area contributed by atoms with Crippen LogP contribution in [-0.2, 0) is 87.5 Å². The summed E-state index contributed by atoms with van der Waals surface area (Å²) in [5, 5.41) is 8.94. The van der Waals surface area contributed by atoms with Gasteiger partial charge in [0.1, 0.15) is 40.9 Å². The van der Waals surface area contributed by atoms with Gasteiger partial charge in [-0.3, -0.25) is 32.3 Å². The second-order valence-corrected chi connectivity index (χ2v) is 23.5. The molecule has 33 heteroatoms. The van der Waals surface area contributed by atoms with Crippen molar-refractivity contribution >= 4 is 69.2 Å². The monoisotopic (exact) mass is 1190 g/mol. The van der Waals surface area contributed by atoms with Crippen molar-refractivity contribution in [3.8, 4) is 23.0 Å². The zero-order chi connectivity index (χ0) is 57.8. The Kier molecular flexibility index (Phi) is 16.8. The number of ether oxygens (including phenoxy) is 1. The molecule has 5 aromatic rings. The summed E-state index contributed by atoms with van der Waals surface area (Å²) >= 11 is 3.12. The molecule has 3 N–H and O–H groups in total. The first-order valence-electron chi connectivity index (χ1n) is 22.5. The summed E-state index contributed by atoms with van der Waals surface area (Å²) in [6.07, 6.45) is -12.3. The quantitative estimate of drug-likeness (QED) is 0.0184. The number of rotatable bonds is 19.